The number of thiazole rings is 1. The molecule has 0 saturated carbocycles. The number of halogens is 1. The van der Waals surface area contributed by atoms with Crippen LogP contribution in [0.4, 0.5) is 5.13 Å². The summed E-state index contributed by atoms with van der Waals surface area (Å²) >= 11 is 7.46. The van der Waals surface area contributed by atoms with E-state index in [1.165, 1.54) is 12.8 Å². The molecule has 15 heavy (non-hydrogen) atoms. The molecule has 1 fully saturated rings. The van der Waals surface area contributed by atoms with E-state index in [-0.39, 0.29) is 0 Å². The van der Waals surface area contributed by atoms with Crippen molar-refractivity contribution in [3.63, 3.8) is 0 Å². The molecule has 1 aliphatic heterocycles. The predicted molar refractivity (Wildman–Crippen MR) is 65.7 cm³/mol. The summed E-state index contributed by atoms with van der Waals surface area (Å²) in [4.78, 5) is 6.64. The highest BCUT2D eigenvalue weighted by atomic mass is 35.5. The Morgan fingerprint density at radius 2 is 2.53 bits per heavy atom. The van der Waals surface area contributed by atoms with E-state index in [1.807, 2.05) is 5.38 Å². The molecule has 2 rings (SSSR count). The molecule has 1 saturated heterocycles. The van der Waals surface area contributed by atoms with Crippen LogP contribution in [0.2, 0.25) is 5.15 Å². The fourth-order valence-electron chi connectivity index (χ4n) is 2.10. The standard InChI is InChI=1S/C10H16ClN3S/c11-9-7-15-10(13-9)14-5-1-2-8(6-14)3-4-12/h7-8H,1-6,12H2. The fourth-order valence-corrected chi connectivity index (χ4v) is 3.09. The first-order chi connectivity index (χ1) is 7.29. The van der Waals surface area contributed by atoms with Gasteiger partial charge in [0.1, 0.15) is 5.15 Å². The van der Waals surface area contributed by atoms with Crippen LogP contribution in [-0.4, -0.2) is 24.6 Å². The third kappa shape index (κ3) is 2.83. The Bertz CT molecular complexity index is 313. The maximum absolute atomic E-state index is 5.83. The SMILES string of the molecule is NCCC1CCCN(c2nc(Cl)cs2)C1. The second-order valence-corrected chi connectivity index (χ2v) is 5.21. The summed E-state index contributed by atoms with van der Waals surface area (Å²) in [6.07, 6.45) is 3.66. The van der Waals surface area contributed by atoms with E-state index in [9.17, 15) is 0 Å². The van der Waals surface area contributed by atoms with Gasteiger partial charge in [0.15, 0.2) is 5.13 Å². The molecule has 0 bridgehead atoms. The molecule has 0 spiro atoms. The van der Waals surface area contributed by atoms with E-state index < -0.39 is 0 Å². The van der Waals surface area contributed by atoms with E-state index in [1.54, 1.807) is 11.3 Å². The summed E-state index contributed by atoms with van der Waals surface area (Å²) in [6.45, 7) is 2.98. The summed E-state index contributed by atoms with van der Waals surface area (Å²) in [5.74, 6) is 0.728. The summed E-state index contributed by atoms with van der Waals surface area (Å²) in [6, 6.07) is 0. The Kier molecular flexibility index (Phi) is 3.83. The Morgan fingerprint density at radius 1 is 1.67 bits per heavy atom. The highest BCUT2D eigenvalue weighted by Gasteiger charge is 2.21. The Morgan fingerprint density at radius 3 is 3.20 bits per heavy atom. The first-order valence-electron chi connectivity index (χ1n) is 5.35. The largest absolute Gasteiger partial charge is 0.348 e. The summed E-state index contributed by atoms with van der Waals surface area (Å²) < 4.78 is 0. The maximum Gasteiger partial charge on any atom is 0.186 e. The molecular formula is C10H16ClN3S. The van der Waals surface area contributed by atoms with Crippen molar-refractivity contribution < 1.29 is 0 Å². The number of hydrogen-bond donors (Lipinski definition) is 1. The number of rotatable bonds is 3. The third-order valence-corrected chi connectivity index (χ3v) is 4.05. The van der Waals surface area contributed by atoms with Gasteiger partial charge in [-0.25, -0.2) is 4.98 Å². The van der Waals surface area contributed by atoms with Gasteiger partial charge in [0, 0.05) is 18.5 Å². The first kappa shape index (κ1) is 11.2. The predicted octanol–water partition coefficient (Wildman–Crippen LogP) is 2.36. The topological polar surface area (TPSA) is 42.1 Å². The van der Waals surface area contributed by atoms with E-state index in [2.05, 4.69) is 9.88 Å². The van der Waals surface area contributed by atoms with Gasteiger partial charge < -0.3 is 10.6 Å². The second kappa shape index (κ2) is 5.14. The molecular weight excluding hydrogens is 230 g/mol. The molecule has 0 aliphatic carbocycles. The minimum Gasteiger partial charge on any atom is -0.348 e. The van der Waals surface area contributed by atoms with Crippen LogP contribution in [0, 0.1) is 5.92 Å². The normalized spacial score (nSPS) is 22.0. The lowest BCUT2D eigenvalue weighted by molar-refractivity contribution is 0.396. The van der Waals surface area contributed by atoms with Crippen LogP contribution in [-0.2, 0) is 0 Å². The zero-order valence-corrected chi connectivity index (χ0v) is 10.2. The van der Waals surface area contributed by atoms with Crippen LogP contribution in [0.5, 0.6) is 0 Å². The third-order valence-electron chi connectivity index (χ3n) is 2.83. The number of aromatic nitrogens is 1. The molecule has 0 radical (unpaired) electrons. The van der Waals surface area contributed by atoms with Gasteiger partial charge in [-0.1, -0.05) is 11.6 Å². The van der Waals surface area contributed by atoms with Crippen LogP contribution >= 0.6 is 22.9 Å². The van der Waals surface area contributed by atoms with Crippen LogP contribution in [0.15, 0.2) is 5.38 Å². The lowest BCUT2D eigenvalue weighted by atomic mass is 9.95. The summed E-state index contributed by atoms with van der Waals surface area (Å²) in [7, 11) is 0. The van der Waals surface area contributed by atoms with Crippen molar-refractivity contribution >= 4 is 28.1 Å². The molecule has 0 aromatic carbocycles. The Balaban J connectivity index is 1.98. The zero-order valence-electron chi connectivity index (χ0n) is 8.66. The maximum atomic E-state index is 5.83. The minimum atomic E-state index is 0.607. The molecule has 2 N–H and O–H groups in total. The molecule has 1 unspecified atom stereocenters. The van der Waals surface area contributed by atoms with E-state index in [0.717, 1.165) is 37.1 Å². The lowest BCUT2D eigenvalue weighted by Gasteiger charge is -2.32. The molecule has 84 valence electrons. The van der Waals surface area contributed by atoms with E-state index in [4.69, 9.17) is 17.3 Å². The highest BCUT2D eigenvalue weighted by Crippen LogP contribution is 2.28. The van der Waals surface area contributed by atoms with Gasteiger partial charge >= 0.3 is 0 Å². The number of hydrogen-bond acceptors (Lipinski definition) is 4. The Hall–Kier alpha value is -0.320. The van der Waals surface area contributed by atoms with Crippen molar-refractivity contribution in [1.82, 2.24) is 4.98 Å². The quantitative estimate of drug-likeness (QED) is 0.889. The molecule has 2 heterocycles. The van der Waals surface area contributed by atoms with Gasteiger partial charge in [0.05, 0.1) is 0 Å². The Labute approximate surface area is 99.2 Å². The molecule has 0 amide bonds. The lowest BCUT2D eigenvalue weighted by Crippen LogP contribution is -2.36. The monoisotopic (exact) mass is 245 g/mol. The number of nitrogens with two attached hydrogens (primary N) is 1. The van der Waals surface area contributed by atoms with Crippen molar-refractivity contribution in [2.45, 2.75) is 19.3 Å². The van der Waals surface area contributed by atoms with Crippen molar-refractivity contribution in [1.29, 1.82) is 0 Å². The molecule has 1 aliphatic rings. The van der Waals surface area contributed by atoms with Gasteiger partial charge in [-0.2, -0.15) is 0 Å². The van der Waals surface area contributed by atoms with Crippen molar-refractivity contribution in [2.75, 3.05) is 24.5 Å². The van der Waals surface area contributed by atoms with Gasteiger partial charge in [0.2, 0.25) is 0 Å². The minimum absolute atomic E-state index is 0.607. The smallest absolute Gasteiger partial charge is 0.186 e. The fraction of sp³-hybridized carbons (Fsp3) is 0.700. The van der Waals surface area contributed by atoms with Crippen molar-refractivity contribution in [3.05, 3.63) is 10.5 Å². The summed E-state index contributed by atoms with van der Waals surface area (Å²) in [5.41, 5.74) is 5.59. The van der Waals surface area contributed by atoms with Crippen LogP contribution < -0.4 is 10.6 Å². The van der Waals surface area contributed by atoms with Crippen molar-refractivity contribution in [2.24, 2.45) is 11.7 Å². The average Bonchev–Trinajstić information content (AvgIpc) is 2.66. The van der Waals surface area contributed by atoms with Crippen LogP contribution in [0.1, 0.15) is 19.3 Å². The molecule has 1 aromatic heterocycles. The molecule has 5 heteroatoms. The van der Waals surface area contributed by atoms with E-state index in [0.29, 0.717) is 5.15 Å². The van der Waals surface area contributed by atoms with Gasteiger partial charge in [0.25, 0.3) is 0 Å². The average molecular weight is 246 g/mol. The number of piperidine rings is 1. The van der Waals surface area contributed by atoms with Crippen molar-refractivity contribution in [3.8, 4) is 0 Å². The zero-order chi connectivity index (χ0) is 10.7. The van der Waals surface area contributed by atoms with Gasteiger partial charge in [-0.3, -0.25) is 0 Å². The molecule has 3 nitrogen and oxygen atoms in total. The van der Waals surface area contributed by atoms with Crippen LogP contribution in [0.3, 0.4) is 0 Å². The molecule has 1 aromatic rings. The van der Waals surface area contributed by atoms with Gasteiger partial charge in [-0.15, -0.1) is 11.3 Å². The first-order valence-corrected chi connectivity index (χ1v) is 6.61. The molecule has 1 atom stereocenters. The summed E-state index contributed by atoms with van der Waals surface area (Å²) in [5, 5.41) is 3.56. The highest BCUT2D eigenvalue weighted by molar-refractivity contribution is 7.14. The second-order valence-electron chi connectivity index (χ2n) is 3.98. The van der Waals surface area contributed by atoms with Gasteiger partial charge in [-0.05, 0) is 31.7 Å². The number of anilines is 1. The van der Waals surface area contributed by atoms with Crippen LogP contribution in [0.25, 0.3) is 0 Å². The number of nitrogens with zero attached hydrogens (tertiary/aromatic N) is 2. The van der Waals surface area contributed by atoms with E-state index >= 15 is 0 Å².